The minimum atomic E-state index is -0.444. The van der Waals surface area contributed by atoms with Crippen LogP contribution in [0.4, 0.5) is 21.6 Å². The summed E-state index contributed by atoms with van der Waals surface area (Å²) >= 11 is 0. The van der Waals surface area contributed by atoms with E-state index in [-0.39, 0.29) is 11.7 Å². The average Bonchev–Trinajstić information content (AvgIpc) is 2.39. The molecule has 2 aromatic rings. The molecule has 0 fully saturated rings. The number of halogens is 1. The topological polar surface area (TPSA) is 65.5 Å². The molecule has 19 heavy (non-hydrogen) atoms. The Morgan fingerprint density at radius 1 is 1.37 bits per heavy atom. The quantitative estimate of drug-likeness (QED) is 0.834. The average molecular weight is 261 g/mol. The van der Waals surface area contributed by atoms with Crippen molar-refractivity contribution in [1.29, 1.82) is 0 Å². The molecule has 0 bridgehead atoms. The van der Waals surface area contributed by atoms with E-state index in [1.54, 1.807) is 6.07 Å². The molecule has 0 aliphatic rings. The van der Waals surface area contributed by atoms with Gasteiger partial charge in [-0.2, -0.15) is 0 Å². The number of amides is 1. The van der Waals surface area contributed by atoms with Gasteiger partial charge >= 0.3 is 0 Å². The number of anilines is 3. The maximum Gasteiger partial charge on any atom is 0.229 e. The van der Waals surface area contributed by atoms with Gasteiger partial charge in [-0.05, 0) is 24.3 Å². The predicted octanol–water partition coefficient (Wildman–Crippen LogP) is 2.71. The van der Waals surface area contributed by atoms with Crippen molar-refractivity contribution >= 4 is 23.1 Å². The first kappa shape index (κ1) is 13.0. The zero-order valence-corrected chi connectivity index (χ0v) is 10.2. The zero-order chi connectivity index (χ0) is 13.8. The summed E-state index contributed by atoms with van der Waals surface area (Å²) in [7, 11) is 0. The van der Waals surface area contributed by atoms with Crippen LogP contribution < -0.4 is 10.4 Å². The van der Waals surface area contributed by atoms with E-state index in [0.717, 1.165) is 0 Å². The van der Waals surface area contributed by atoms with Crippen LogP contribution in [0.25, 0.3) is 0 Å². The summed E-state index contributed by atoms with van der Waals surface area (Å²) in [5.41, 5.74) is 2.72. The van der Waals surface area contributed by atoms with Crippen molar-refractivity contribution in [2.75, 3.05) is 10.4 Å². The highest BCUT2D eigenvalue weighted by Gasteiger charge is 2.16. The second-order valence-corrected chi connectivity index (χ2v) is 3.85. The lowest BCUT2D eigenvalue weighted by atomic mass is 10.2. The molecular weight excluding hydrogens is 249 g/mol. The summed E-state index contributed by atoms with van der Waals surface area (Å²) in [6.07, 6.45) is 1.43. The molecule has 1 amide bonds. The van der Waals surface area contributed by atoms with E-state index in [9.17, 15) is 9.18 Å². The summed E-state index contributed by atoms with van der Waals surface area (Å²) in [6, 6.07) is 8.66. The van der Waals surface area contributed by atoms with Crippen LogP contribution in [0.3, 0.4) is 0 Å². The number of nitrogens with one attached hydrogen (secondary N) is 1. The van der Waals surface area contributed by atoms with E-state index < -0.39 is 5.82 Å². The van der Waals surface area contributed by atoms with Crippen LogP contribution >= 0.6 is 0 Å². The molecule has 6 heteroatoms. The number of pyridine rings is 1. The molecule has 2 N–H and O–H groups in total. The van der Waals surface area contributed by atoms with Gasteiger partial charge in [-0.25, -0.2) is 9.37 Å². The number of aromatic nitrogens is 1. The Labute approximate surface area is 109 Å². The van der Waals surface area contributed by atoms with Gasteiger partial charge in [-0.15, -0.1) is 0 Å². The largest absolute Gasteiger partial charge is 0.291 e. The SMILES string of the molecule is CC(=O)N(c1cccc(F)c1)c1cc(NO)ccn1. The number of benzene rings is 1. The smallest absolute Gasteiger partial charge is 0.229 e. The lowest BCUT2D eigenvalue weighted by Gasteiger charge is -2.20. The Morgan fingerprint density at radius 2 is 2.16 bits per heavy atom. The van der Waals surface area contributed by atoms with Crippen molar-refractivity contribution in [3.8, 4) is 0 Å². The molecule has 5 nitrogen and oxygen atoms in total. The van der Waals surface area contributed by atoms with E-state index in [1.165, 1.54) is 48.4 Å². The first-order valence-electron chi connectivity index (χ1n) is 5.54. The van der Waals surface area contributed by atoms with E-state index in [2.05, 4.69) is 4.98 Å². The molecule has 0 saturated heterocycles. The van der Waals surface area contributed by atoms with Gasteiger partial charge in [0, 0.05) is 19.2 Å². The summed E-state index contributed by atoms with van der Waals surface area (Å²) in [6.45, 7) is 1.35. The van der Waals surface area contributed by atoms with E-state index in [1.807, 2.05) is 5.48 Å². The molecule has 0 unspecified atom stereocenters. The Kier molecular flexibility index (Phi) is 3.72. The molecule has 0 radical (unpaired) electrons. The van der Waals surface area contributed by atoms with Crippen LogP contribution in [0.2, 0.25) is 0 Å². The Bertz CT molecular complexity index is 604. The van der Waals surface area contributed by atoms with Crippen LogP contribution in [-0.4, -0.2) is 16.1 Å². The van der Waals surface area contributed by atoms with Gasteiger partial charge in [-0.3, -0.25) is 20.4 Å². The summed E-state index contributed by atoms with van der Waals surface area (Å²) in [5.74, 6) is -0.467. The second kappa shape index (κ2) is 5.45. The van der Waals surface area contributed by atoms with Gasteiger partial charge in [0.15, 0.2) is 0 Å². The highest BCUT2D eigenvalue weighted by Crippen LogP contribution is 2.26. The fourth-order valence-corrected chi connectivity index (χ4v) is 1.70. The van der Waals surface area contributed by atoms with Crippen molar-refractivity contribution in [2.24, 2.45) is 0 Å². The number of rotatable bonds is 3. The third-order valence-electron chi connectivity index (χ3n) is 2.48. The zero-order valence-electron chi connectivity index (χ0n) is 10.2. The number of hydrogen-bond donors (Lipinski definition) is 2. The van der Waals surface area contributed by atoms with Gasteiger partial charge in [0.2, 0.25) is 5.91 Å². The Balaban J connectivity index is 2.48. The molecule has 0 aliphatic heterocycles. The van der Waals surface area contributed by atoms with E-state index >= 15 is 0 Å². The molecule has 1 heterocycles. The third kappa shape index (κ3) is 2.86. The molecule has 2 rings (SSSR count). The highest BCUT2D eigenvalue weighted by molar-refractivity contribution is 5.98. The highest BCUT2D eigenvalue weighted by atomic mass is 19.1. The minimum absolute atomic E-state index is 0.289. The maximum absolute atomic E-state index is 13.2. The number of carbonyl (C=O) groups is 1. The van der Waals surface area contributed by atoms with Gasteiger partial charge in [0.05, 0.1) is 11.4 Å². The van der Waals surface area contributed by atoms with Crippen LogP contribution in [0.1, 0.15) is 6.92 Å². The number of carbonyl (C=O) groups excluding carboxylic acids is 1. The van der Waals surface area contributed by atoms with Crippen molar-refractivity contribution in [3.05, 3.63) is 48.4 Å². The monoisotopic (exact) mass is 261 g/mol. The predicted molar refractivity (Wildman–Crippen MR) is 68.9 cm³/mol. The van der Waals surface area contributed by atoms with Crippen LogP contribution in [0.15, 0.2) is 42.6 Å². The molecule has 98 valence electrons. The molecule has 0 saturated carbocycles. The van der Waals surface area contributed by atoms with Crippen molar-refractivity contribution in [3.63, 3.8) is 0 Å². The maximum atomic E-state index is 13.2. The summed E-state index contributed by atoms with van der Waals surface area (Å²) in [5, 5.41) is 8.86. The normalized spacial score (nSPS) is 10.1. The first-order valence-corrected chi connectivity index (χ1v) is 5.54. The van der Waals surface area contributed by atoms with Gasteiger partial charge < -0.3 is 0 Å². The molecule has 0 spiro atoms. The fourth-order valence-electron chi connectivity index (χ4n) is 1.70. The molecular formula is C13H12FN3O2. The van der Waals surface area contributed by atoms with Crippen molar-refractivity contribution < 1.29 is 14.4 Å². The lowest BCUT2D eigenvalue weighted by molar-refractivity contribution is -0.115. The third-order valence-corrected chi connectivity index (χ3v) is 2.48. The summed E-state index contributed by atoms with van der Waals surface area (Å²) < 4.78 is 13.2. The van der Waals surface area contributed by atoms with E-state index in [4.69, 9.17) is 5.21 Å². The minimum Gasteiger partial charge on any atom is -0.291 e. The van der Waals surface area contributed by atoms with Crippen LogP contribution in [0, 0.1) is 5.82 Å². The Hall–Kier alpha value is -2.47. The molecule has 0 atom stereocenters. The fraction of sp³-hybridized carbons (Fsp3) is 0.0769. The van der Waals surface area contributed by atoms with Crippen LogP contribution in [-0.2, 0) is 4.79 Å². The van der Waals surface area contributed by atoms with Crippen molar-refractivity contribution in [2.45, 2.75) is 6.92 Å². The Morgan fingerprint density at radius 3 is 2.79 bits per heavy atom. The molecule has 1 aromatic carbocycles. The summed E-state index contributed by atoms with van der Waals surface area (Å²) in [4.78, 5) is 17.0. The molecule has 0 aliphatic carbocycles. The van der Waals surface area contributed by atoms with Crippen molar-refractivity contribution in [1.82, 2.24) is 4.98 Å². The van der Waals surface area contributed by atoms with Crippen LogP contribution in [0.5, 0.6) is 0 Å². The number of hydrogen-bond acceptors (Lipinski definition) is 4. The standard InChI is InChI=1S/C13H12FN3O2/c1-9(18)17(12-4-2-3-10(14)7-12)13-8-11(16-19)5-6-15-13/h2-8,19H,1H3,(H,15,16). The molecule has 1 aromatic heterocycles. The first-order chi connectivity index (χ1) is 9.11. The van der Waals surface area contributed by atoms with E-state index in [0.29, 0.717) is 11.4 Å². The van der Waals surface area contributed by atoms with Gasteiger partial charge in [-0.1, -0.05) is 6.07 Å². The second-order valence-electron chi connectivity index (χ2n) is 3.85. The van der Waals surface area contributed by atoms with Gasteiger partial charge in [0.25, 0.3) is 0 Å². The van der Waals surface area contributed by atoms with Gasteiger partial charge in [0.1, 0.15) is 11.6 Å². The lowest BCUT2D eigenvalue weighted by Crippen LogP contribution is -2.23. The number of nitrogens with zero attached hydrogens (tertiary/aromatic N) is 2.